The van der Waals surface area contributed by atoms with Crippen LogP contribution in [0.15, 0.2) is 4.34 Å². The number of carbonyl (C=O) groups excluding carboxylic acids is 1. The topological polar surface area (TPSA) is 58.1 Å². The van der Waals surface area contributed by atoms with Gasteiger partial charge in [0.2, 0.25) is 11.0 Å². The highest BCUT2D eigenvalue weighted by Crippen LogP contribution is 2.29. The fourth-order valence-electron chi connectivity index (χ4n) is 3.42. The van der Waals surface area contributed by atoms with Gasteiger partial charge in [0.05, 0.1) is 5.75 Å². The number of aromatic nitrogens is 2. The molecule has 1 N–H and O–H groups in total. The average molecular weight is 355 g/mol. The van der Waals surface area contributed by atoms with E-state index in [0.29, 0.717) is 17.8 Å². The van der Waals surface area contributed by atoms with E-state index < -0.39 is 0 Å². The Kier molecular flexibility index (Phi) is 6.16. The van der Waals surface area contributed by atoms with E-state index in [2.05, 4.69) is 22.4 Å². The molecule has 1 amide bonds. The number of thioether (sulfide) groups is 1. The van der Waals surface area contributed by atoms with Crippen LogP contribution in [0.25, 0.3) is 0 Å². The second-order valence-electron chi connectivity index (χ2n) is 6.57. The van der Waals surface area contributed by atoms with E-state index in [9.17, 15) is 4.79 Å². The van der Waals surface area contributed by atoms with Gasteiger partial charge in [-0.1, -0.05) is 42.4 Å². The Labute approximate surface area is 146 Å². The molecule has 23 heavy (non-hydrogen) atoms. The Hall–Kier alpha value is -0.820. The maximum atomic E-state index is 12.4. The first kappa shape index (κ1) is 17.0. The zero-order valence-electron chi connectivity index (χ0n) is 13.8. The van der Waals surface area contributed by atoms with Crippen molar-refractivity contribution in [1.29, 1.82) is 0 Å². The van der Waals surface area contributed by atoms with Crippen molar-refractivity contribution in [3.63, 3.8) is 0 Å². The molecule has 5 nitrogen and oxygen atoms in total. The summed E-state index contributed by atoms with van der Waals surface area (Å²) in [6.45, 7) is 3.06. The molecule has 1 aliphatic carbocycles. The molecule has 1 aromatic heterocycles. The molecule has 0 aromatic carbocycles. The second kappa shape index (κ2) is 8.33. The molecule has 0 radical (unpaired) electrons. The van der Waals surface area contributed by atoms with Crippen LogP contribution in [0.3, 0.4) is 0 Å². The zero-order valence-corrected chi connectivity index (χ0v) is 15.4. The number of hydrogen-bond acceptors (Lipinski definition) is 6. The molecule has 1 aliphatic heterocycles. The van der Waals surface area contributed by atoms with Gasteiger partial charge in [-0.3, -0.25) is 4.79 Å². The van der Waals surface area contributed by atoms with Gasteiger partial charge in [-0.25, -0.2) is 0 Å². The molecule has 1 atom stereocenters. The molecule has 0 spiro atoms. The van der Waals surface area contributed by atoms with Crippen LogP contribution in [-0.4, -0.2) is 45.4 Å². The van der Waals surface area contributed by atoms with Crippen molar-refractivity contribution in [1.82, 2.24) is 15.1 Å². The minimum Gasteiger partial charge on any atom is -0.357 e. The molecule has 1 aromatic rings. The van der Waals surface area contributed by atoms with E-state index in [1.165, 1.54) is 50.3 Å². The first-order valence-electron chi connectivity index (χ1n) is 8.74. The third kappa shape index (κ3) is 4.83. The normalized spacial score (nSPS) is 23.0. The van der Waals surface area contributed by atoms with Crippen LogP contribution in [0.1, 0.15) is 58.3 Å². The lowest BCUT2D eigenvalue weighted by molar-refractivity contribution is -0.131. The lowest BCUT2D eigenvalue weighted by Gasteiger charge is -2.33. The van der Waals surface area contributed by atoms with E-state index in [1.807, 2.05) is 4.90 Å². The molecule has 7 heteroatoms. The van der Waals surface area contributed by atoms with Gasteiger partial charge in [-0.15, -0.1) is 10.2 Å². The molecular formula is C16H26N4OS2. The van der Waals surface area contributed by atoms with Crippen LogP contribution in [0.5, 0.6) is 0 Å². The molecule has 1 saturated heterocycles. The molecule has 2 heterocycles. The maximum absolute atomic E-state index is 12.4. The molecule has 2 aliphatic rings. The lowest BCUT2D eigenvalue weighted by Crippen LogP contribution is -2.42. The summed E-state index contributed by atoms with van der Waals surface area (Å²) in [6.07, 6.45) is 9.93. The van der Waals surface area contributed by atoms with Gasteiger partial charge in [-0.05, 0) is 39.0 Å². The SMILES string of the molecule is C[C@@H]1CCCCN1C(=O)CSc1nnc(NC2CCCCC2)s1. The number of nitrogens with zero attached hydrogens (tertiary/aromatic N) is 3. The van der Waals surface area contributed by atoms with Crippen LogP contribution in [0, 0.1) is 0 Å². The molecule has 1 saturated carbocycles. The number of anilines is 1. The predicted molar refractivity (Wildman–Crippen MR) is 96.2 cm³/mol. The van der Waals surface area contributed by atoms with Crippen LogP contribution in [0.4, 0.5) is 5.13 Å². The van der Waals surface area contributed by atoms with E-state index in [-0.39, 0.29) is 5.91 Å². The Morgan fingerprint density at radius 1 is 1.22 bits per heavy atom. The Balaban J connectivity index is 1.46. The fraction of sp³-hybridized carbons (Fsp3) is 0.812. The smallest absolute Gasteiger partial charge is 0.233 e. The quantitative estimate of drug-likeness (QED) is 0.816. The van der Waals surface area contributed by atoms with Gasteiger partial charge in [-0.2, -0.15) is 0 Å². The minimum atomic E-state index is 0.235. The van der Waals surface area contributed by atoms with Crippen molar-refractivity contribution in [2.75, 3.05) is 17.6 Å². The Morgan fingerprint density at radius 2 is 2.00 bits per heavy atom. The van der Waals surface area contributed by atoms with Gasteiger partial charge >= 0.3 is 0 Å². The lowest BCUT2D eigenvalue weighted by atomic mass is 9.96. The van der Waals surface area contributed by atoms with Crippen molar-refractivity contribution < 1.29 is 4.79 Å². The number of rotatable bonds is 5. The van der Waals surface area contributed by atoms with E-state index in [1.54, 1.807) is 11.3 Å². The highest BCUT2D eigenvalue weighted by Gasteiger charge is 2.23. The molecule has 3 rings (SSSR count). The van der Waals surface area contributed by atoms with Crippen molar-refractivity contribution in [3.8, 4) is 0 Å². The maximum Gasteiger partial charge on any atom is 0.233 e. The van der Waals surface area contributed by atoms with E-state index in [4.69, 9.17) is 0 Å². The summed E-state index contributed by atoms with van der Waals surface area (Å²) in [5.74, 6) is 0.710. The summed E-state index contributed by atoms with van der Waals surface area (Å²) in [7, 11) is 0. The summed E-state index contributed by atoms with van der Waals surface area (Å²) in [6, 6.07) is 0.931. The Morgan fingerprint density at radius 3 is 2.78 bits per heavy atom. The summed E-state index contributed by atoms with van der Waals surface area (Å²) in [4.78, 5) is 14.4. The molecule has 2 fully saturated rings. The average Bonchev–Trinajstić information content (AvgIpc) is 3.01. The minimum absolute atomic E-state index is 0.235. The Bertz CT molecular complexity index is 516. The summed E-state index contributed by atoms with van der Waals surface area (Å²) in [5, 5.41) is 12.8. The molecule has 0 bridgehead atoms. The van der Waals surface area contributed by atoms with E-state index >= 15 is 0 Å². The number of carbonyl (C=O) groups is 1. The molecule has 128 valence electrons. The summed E-state index contributed by atoms with van der Waals surface area (Å²) in [5.41, 5.74) is 0. The van der Waals surface area contributed by atoms with Crippen molar-refractivity contribution in [2.45, 2.75) is 74.7 Å². The highest BCUT2D eigenvalue weighted by atomic mass is 32.2. The van der Waals surface area contributed by atoms with Crippen LogP contribution >= 0.6 is 23.1 Å². The van der Waals surface area contributed by atoms with Crippen LogP contribution in [-0.2, 0) is 4.79 Å². The van der Waals surface area contributed by atoms with Crippen molar-refractivity contribution in [3.05, 3.63) is 0 Å². The largest absolute Gasteiger partial charge is 0.357 e. The van der Waals surface area contributed by atoms with Gasteiger partial charge < -0.3 is 10.2 Å². The number of nitrogens with one attached hydrogen (secondary N) is 1. The van der Waals surface area contributed by atoms with Crippen molar-refractivity contribution >= 4 is 34.1 Å². The summed E-state index contributed by atoms with van der Waals surface area (Å²) >= 11 is 3.10. The zero-order chi connectivity index (χ0) is 16.1. The molecular weight excluding hydrogens is 328 g/mol. The monoisotopic (exact) mass is 354 g/mol. The standard InChI is InChI=1S/C16H26N4OS2/c1-12-7-5-6-10-20(12)14(21)11-22-16-19-18-15(23-16)17-13-8-3-2-4-9-13/h12-13H,2-11H2,1H3,(H,17,18)/t12-/m1/s1. The van der Waals surface area contributed by atoms with Gasteiger partial charge in [0.25, 0.3) is 0 Å². The molecule has 0 unspecified atom stereocenters. The second-order valence-corrected chi connectivity index (χ2v) is 8.77. The van der Waals surface area contributed by atoms with Gasteiger partial charge in [0, 0.05) is 18.6 Å². The number of likely N-dealkylation sites (tertiary alicyclic amines) is 1. The van der Waals surface area contributed by atoms with Crippen LogP contribution < -0.4 is 5.32 Å². The van der Waals surface area contributed by atoms with E-state index in [0.717, 1.165) is 28.9 Å². The van der Waals surface area contributed by atoms with Gasteiger partial charge in [0.1, 0.15) is 0 Å². The third-order valence-electron chi connectivity index (χ3n) is 4.78. The van der Waals surface area contributed by atoms with Gasteiger partial charge in [0.15, 0.2) is 4.34 Å². The summed E-state index contributed by atoms with van der Waals surface area (Å²) < 4.78 is 0.890. The number of piperidine rings is 1. The number of hydrogen-bond donors (Lipinski definition) is 1. The fourth-order valence-corrected chi connectivity index (χ4v) is 5.14. The number of amides is 1. The van der Waals surface area contributed by atoms with Crippen molar-refractivity contribution in [2.24, 2.45) is 0 Å². The van der Waals surface area contributed by atoms with Crippen LogP contribution in [0.2, 0.25) is 0 Å². The first-order valence-corrected chi connectivity index (χ1v) is 10.5. The highest BCUT2D eigenvalue weighted by molar-refractivity contribution is 8.01. The predicted octanol–water partition coefficient (Wildman–Crippen LogP) is 3.78. The first-order chi connectivity index (χ1) is 11.2. The third-order valence-corrected chi connectivity index (χ3v) is 6.75.